The van der Waals surface area contributed by atoms with Crippen LogP contribution < -0.4 is 0 Å². The first-order valence-electron chi connectivity index (χ1n) is 4.19. The number of aliphatic hydroxyl groups is 1. The molecule has 0 aliphatic carbocycles. The smallest absolute Gasteiger partial charge is 0.339 e. The van der Waals surface area contributed by atoms with E-state index in [9.17, 15) is 14.3 Å². The van der Waals surface area contributed by atoms with E-state index in [0.29, 0.717) is 5.56 Å². The van der Waals surface area contributed by atoms with Gasteiger partial charge in [-0.1, -0.05) is 17.7 Å². The fourth-order valence-corrected chi connectivity index (χ4v) is 1.42. The van der Waals surface area contributed by atoms with Crippen molar-refractivity contribution in [3.63, 3.8) is 0 Å². The van der Waals surface area contributed by atoms with E-state index in [1.165, 1.54) is 6.07 Å². The Hall–Kier alpha value is -1.13. The highest BCUT2D eigenvalue weighted by atomic mass is 35.5. The SMILES string of the molecule is COC(=O)C(O)c1c(F)ccc(C)c1Cl. The summed E-state index contributed by atoms with van der Waals surface area (Å²) in [6.45, 7) is 1.65. The van der Waals surface area contributed by atoms with Crippen LogP contribution in [0.4, 0.5) is 4.39 Å². The molecular weight excluding hydrogens is 223 g/mol. The molecule has 0 amide bonds. The highest BCUT2D eigenvalue weighted by Gasteiger charge is 2.25. The van der Waals surface area contributed by atoms with Crippen LogP contribution in [0, 0.1) is 12.7 Å². The van der Waals surface area contributed by atoms with Crippen LogP contribution in [0.25, 0.3) is 0 Å². The lowest BCUT2D eigenvalue weighted by molar-refractivity contribution is -0.150. The normalized spacial score (nSPS) is 12.3. The lowest BCUT2D eigenvalue weighted by Gasteiger charge is -2.12. The Morgan fingerprint density at radius 2 is 2.20 bits per heavy atom. The van der Waals surface area contributed by atoms with E-state index in [1.807, 2.05) is 0 Å². The number of aryl methyl sites for hydroxylation is 1. The molecule has 82 valence electrons. The maximum absolute atomic E-state index is 13.3. The molecule has 1 aromatic carbocycles. The summed E-state index contributed by atoms with van der Waals surface area (Å²) in [4.78, 5) is 11.0. The average molecular weight is 233 g/mol. The lowest BCUT2D eigenvalue weighted by atomic mass is 10.1. The summed E-state index contributed by atoms with van der Waals surface area (Å²) < 4.78 is 17.6. The van der Waals surface area contributed by atoms with E-state index >= 15 is 0 Å². The molecule has 0 saturated heterocycles. The van der Waals surface area contributed by atoms with Crippen LogP contribution in [-0.4, -0.2) is 18.2 Å². The summed E-state index contributed by atoms with van der Waals surface area (Å²) in [7, 11) is 1.10. The van der Waals surface area contributed by atoms with Crippen LogP contribution >= 0.6 is 11.6 Å². The molecule has 0 radical (unpaired) electrons. The second-order valence-electron chi connectivity index (χ2n) is 3.02. The molecule has 0 bridgehead atoms. The molecule has 15 heavy (non-hydrogen) atoms. The molecule has 1 rings (SSSR count). The minimum absolute atomic E-state index is 0.0351. The first kappa shape index (κ1) is 11.9. The van der Waals surface area contributed by atoms with Gasteiger partial charge in [-0.05, 0) is 18.6 Å². The van der Waals surface area contributed by atoms with E-state index < -0.39 is 17.9 Å². The summed E-state index contributed by atoms with van der Waals surface area (Å²) in [5.41, 5.74) is 0.333. The number of aliphatic hydroxyl groups excluding tert-OH is 1. The van der Waals surface area contributed by atoms with Gasteiger partial charge in [-0.3, -0.25) is 0 Å². The van der Waals surface area contributed by atoms with Crippen molar-refractivity contribution < 1.29 is 19.0 Å². The van der Waals surface area contributed by atoms with Gasteiger partial charge in [-0.15, -0.1) is 0 Å². The predicted octanol–water partition coefficient (Wildman–Crippen LogP) is 1.99. The van der Waals surface area contributed by atoms with Gasteiger partial charge in [0.2, 0.25) is 0 Å². The van der Waals surface area contributed by atoms with Gasteiger partial charge in [0.05, 0.1) is 12.1 Å². The summed E-state index contributed by atoms with van der Waals surface area (Å²) in [6.07, 6.45) is -1.69. The molecule has 1 N–H and O–H groups in total. The molecule has 0 aliphatic rings. The van der Waals surface area contributed by atoms with Gasteiger partial charge in [-0.25, -0.2) is 9.18 Å². The van der Waals surface area contributed by atoms with Gasteiger partial charge in [0.25, 0.3) is 0 Å². The molecule has 3 nitrogen and oxygen atoms in total. The number of rotatable bonds is 2. The lowest BCUT2D eigenvalue weighted by Crippen LogP contribution is -2.15. The van der Waals surface area contributed by atoms with Gasteiger partial charge >= 0.3 is 5.97 Å². The zero-order valence-electron chi connectivity index (χ0n) is 8.25. The number of hydrogen-bond acceptors (Lipinski definition) is 3. The fraction of sp³-hybridized carbons (Fsp3) is 0.300. The molecule has 5 heteroatoms. The maximum Gasteiger partial charge on any atom is 0.339 e. The number of esters is 1. The van der Waals surface area contributed by atoms with E-state index in [4.69, 9.17) is 11.6 Å². The molecule has 1 unspecified atom stereocenters. The Morgan fingerprint density at radius 3 is 2.73 bits per heavy atom. The molecule has 1 aromatic rings. The molecule has 0 aliphatic heterocycles. The first-order valence-corrected chi connectivity index (χ1v) is 4.57. The number of carbonyl (C=O) groups excluding carboxylic acids is 1. The Labute approximate surface area is 91.4 Å². The molecule has 0 spiro atoms. The van der Waals surface area contributed by atoms with Crippen LogP contribution in [-0.2, 0) is 9.53 Å². The van der Waals surface area contributed by atoms with Crippen LogP contribution in [0.2, 0.25) is 5.02 Å². The van der Waals surface area contributed by atoms with Crippen molar-refractivity contribution in [3.05, 3.63) is 34.1 Å². The first-order chi connectivity index (χ1) is 6.99. The van der Waals surface area contributed by atoms with Gasteiger partial charge in [-0.2, -0.15) is 0 Å². The molecule has 0 fully saturated rings. The van der Waals surface area contributed by atoms with Crippen molar-refractivity contribution in [2.24, 2.45) is 0 Å². The number of carbonyl (C=O) groups is 1. The van der Waals surface area contributed by atoms with E-state index in [1.54, 1.807) is 6.92 Å². The van der Waals surface area contributed by atoms with Crippen LogP contribution in [0.1, 0.15) is 17.2 Å². The second-order valence-corrected chi connectivity index (χ2v) is 3.40. The molecule has 1 atom stereocenters. The standard InChI is InChI=1S/C10H10ClFO3/c1-5-3-4-6(12)7(8(5)11)9(13)10(14)15-2/h3-4,9,13H,1-2H3. The highest BCUT2D eigenvalue weighted by molar-refractivity contribution is 6.32. The third-order valence-electron chi connectivity index (χ3n) is 2.02. The Kier molecular flexibility index (Phi) is 3.66. The maximum atomic E-state index is 13.3. The van der Waals surface area contributed by atoms with Crippen molar-refractivity contribution in [3.8, 4) is 0 Å². The number of methoxy groups -OCH3 is 1. The largest absolute Gasteiger partial charge is 0.467 e. The summed E-state index contributed by atoms with van der Waals surface area (Å²) >= 11 is 5.79. The van der Waals surface area contributed by atoms with Crippen LogP contribution in [0.5, 0.6) is 0 Å². The fourth-order valence-electron chi connectivity index (χ4n) is 1.16. The third kappa shape index (κ3) is 2.27. The quantitative estimate of drug-likeness (QED) is 0.794. The molecule has 0 aromatic heterocycles. The molecule has 0 saturated carbocycles. The second kappa shape index (κ2) is 4.59. The van der Waals surface area contributed by atoms with Gasteiger partial charge in [0.15, 0.2) is 6.10 Å². The zero-order chi connectivity index (χ0) is 11.6. The molecular formula is C10H10ClFO3. The van der Waals surface area contributed by atoms with Crippen molar-refractivity contribution in [1.29, 1.82) is 0 Å². The number of benzene rings is 1. The molecule has 0 heterocycles. The number of hydrogen-bond donors (Lipinski definition) is 1. The number of ether oxygens (including phenoxy) is 1. The van der Waals surface area contributed by atoms with E-state index in [-0.39, 0.29) is 10.6 Å². The van der Waals surface area contributed by atoms with Crippen molar-refractivity contribution in [2.45, 2.75) is 13.0 Å². The highest BCUT2D eigenvalue weighted by Crippen LogP contribution is 2.29. The van der Waals surface area contributed by atoms with Crippen molar-refractivity contribution >= 4 is 17.6 Å². The average Bonchev–Trinajstić information content (AvgIpc) is 2.22. The van der Waals surface area contributed by atoms with Crippen molar-refractivity contribution in [1.82, 2.24) is 0 Å². The van der Waals surface area contributed by atoms with Crippen molar-refractivity contribution in [2.75, 3.05) is 7.11 Å². The Balaban J connectivity index is 3.24. The third-order valence-corrected chi connectivity index (χ3v) is 2.52. The summed E-state index contributed by atoms with van der Waals surface area (Å²) in [5.74, 6) is -1.68. The predicted molar refractivity (Wildman–Crippen MR) is 53.1 cm³/mol. The zero-order valence-corrected chi connectivity index (χ0v) is 9.01. The van der Waals surface area contributed by atoms with Crippen LogP contribution in [0.3, 0.4) is 0 Å². The van der Waals surface area contributed by atoms with Gasteiger partial charge in [0.1, 0.15) is 5.82 Å². The Morgan fingerprint density at radius 1 is 1.60 bits per heavy atom. The minimum atomic E-state index is -1.69. The van der Waals surface area contributed by atoms with Crippen LogP contribution in [0.15, 0.2) is 12.1 Å². The Bertz CT molecular complexity index is 392. The van der Waals surface area contributed by atoms with Gasteiger partial charge in [0, 0.05) is 5.56 Å². The summed E-state index contributed by atoms with van der Waals surface area (Å²) in [6, 6.07) is 2.61. The monoisotopic (exact) mass is 232 g/mol. The number of halogens is 2. The minimum Gasteiger partial charge on any atom is -0.467 e. The topological polar surface area (TPSA) is 46.5 Å². The summed E-state index contributed by atoms with van der Waals surface area (Å²) in [5, 5.41) is 9.51. The van der Waals surface area contributed by atoms with E-state index in [0.717, 1.165) is 13.2 Å². The van der Waals surface area contributed by atoms with Gasteiger partial charge < -0.3 is 9.84 Å². The van der Waals surface area contributed by atoms with E-state index in [2.05, 4.69) is 4.74 Å².